The van der Waals surface area contributed by atoms with Crippen molar-refractivity contribution in [3.05, 3.63) is 29.6 Å². The van der Waals surface area contributed by atoms with Gasteiger partial charge in [-0.3, -0.25) is 0 Å². The molecule has 1 nitrogen and oxygen atoms in total. The predicted octanol–water partition coefficient (Wildman–Crippen LogP) is 2.97. The van der Waals surface area contributed by atoms with Gasteiger partial charge in [0, 0.05) is 10.1 Å². The Balaban J connectivity index is 2.00. The largest absolute Gasteiger partial charge is 0.330 e. The van der Waals surface area contributed by atoms with Crippen LogP contribution in [-0.4, -0.2) is 11.8 Å². The summed E-state index contributed by atoms with van der Waals surface area (Å²) in [5, 5.41) is 0.661. The van der Waals surface area contributed by atoms with Gasteiger partial charge in [-0.25, -0.2) is 4.39 Å². The summed E-state index contributed by atoms with van der Waals surface area (Å²) in [6.07, 6.45) is 4.27. The normalized spacial score (nSPS) is 15.6. The minimum atomic E-state index is -0.0681. The van der Waals surface area contributed by atoms with Gasteiger partial charge < -0.3 is 5.73 Å². The standard InChI is InChI=1S/C12H16FNS/c13-11-8-9(2-1-7-14)3-6-12(11)15-10-4-5-10/h3,6,8,10H,1-2,4-5,7,14H2. The Morgan fingerprint density at radius 3 is 2.80 bits per heavy atom. The first-order valence-corrected chi connectivity index (χ1v) is 6.32. The van der Waals surface area contributed by atoms with Crippen LogP contribution in [0.4, 0.5) is 4.39 Å². The number of hydrogen-bond donors (Lipinski definition) is 1. The molecule has 2 N–H and O–H groups in total. The van der Waals surface area contributed by atoms with Crippen LogP contribution in [0.1, 0.15) is 24.8 Å². The van der Waals surface area contributed by atoms with E-state index < -0.39 is 0 Å². The first-order valence-electron chi connectivity index (χ1n) is 5.45. The summed E-state index contributed by atoms with van der Waals surface area (Å²) in [7, 11) is 0. The summed E-state index contributed by atoms with van der Waals surface area (Å²) in [6, 6.07) is 5.58. The summed E-state index contributed by atoms with van der Waals surface area (Å²) in [6.45, 7) is 0.667. The Labute approximate surface area is 94.2 Å². The summed E-state index contributed by atoms with van der Waals surface area (Å²) >= 11 is 1.67. The highest BCUT2D eigenvalue weighted by Crippen LogP contribution is 2.40. The smallest absolute Gasteiger partial charge is 0.137 e. The molecule has 0 atom stereocenters. The van der Waals surface area contributed by atoms with Crippen molar-refractivity contribution in [1.82, 2.24) is 0 Å². The zero-order valence-electron chi connectivity index (χ0n) is 8.71. The molecule has 82 valence electrons. The molecule has 3 heteroatoms. The lowest BCUT2D eigenvalue weighted by Gasteiger charge is -2.04. The zero-order chi connectivity index (χ0) is 10.7. The van der Waals surface area contributed by atoms with Crippen molar-refractivity contribution in [2.45, 2.75) is 35.8 Å². The SMILES string of the molecule is NCCCc1ccc(SC2CC2)c(F)c1. The van der Waals surface area contributed by atoms with Crippen molar-refractivity contribution < 1.29 is 4.39 Å². The molecule has 0 radical (unpaired) electrons. The average Bonchev–Trinajstić information content (AvgIpc) is 3.02. The number of nitrogens with two attached hydrogens (primary N) is 1. The monoisotopic (exact) mass is 225 g/mol. The fraction of sp³-hybridized carbons (Fsp3) is 0.500. The lowest BCUT2D eigenvalue weighted by Crippen LogP contribution is -2.00. The maximum Gasteiger partial charge on any atom is 0.137 e. The molecule has 1 aromatic rings. The number of rotatable bonds is 5. The summed E-state index contributed by atoms with van der Waals surface area (Å²) in [4.78, 5) is 0.800. The van der Waals surface area contributed by atoms with E-state index >= 15 is 0 Å². The molecular formula is C12H16FNS. The van der Waals surface area contributed by atoms with E-state index in [0.717, 1.165) is 23.3 Å². The minimum absolute atomic E-state index is 0.0681. The van der Waals surface area contributed by atoms with Crippen molar-refractivity contribution >= 4 is 11.8 Å². The van der Waals surface area contributed by atoms with Gasteiger partial charge in [-0.1, -0.05) is 6.07 Å². The fourth-order valence-corrected chi connectivity index (χ4v) is 2.52. The van der Waals surface area contributed by atoms with Crippen LogP contribution in [0.3, 0.4) is 0 Å². The lowest BCUT2D eigenvalue weighted by atomic mass is 10.1. The molecule has 0 saturated heterocycles. The summed E-state index contributed by atoms with van der Waals surface area (Å²) in [5.74, 6) is -0.0681. The quantitative estimate of drug-likeness (QED) is 0.833. The Hall–Kier alpha value is -0.540. The number of thioether (sulfide) groups is 1. The molecule has 0 aromatic heterocycles. The van der Waals surface area contributed by atoms with Gasteiger partial charge in [0.25, 0.3) is 0 Å². The third-order valence-corrected chi connectivity index (χ3v) is 3.87. The number of halogens is 1. The average molecular weight is 225 g/mol. The molecule has 1 saturated carbocycles. The highest BCUT2D eigenvalue weighted by atomic mass is 32.2. The first-order chi connectivity index (χ1) is 7.29. The molecule has 0 bridgehead atoms. The first kappa shape index (κ1) is 11.0. The van der Waals surface area contributed by atoms with Crippen LogP contribution in [0.25, 0.3) is 0 Å². The molecule has 15 heavy (non-hydrogen) atoms. The third kappa shape index (κ3) is 3.21. The molecule has 0 heterocycles. The van der Waals surface area contributed by atoms with Gasteiger partial charge in [0.1, 0.15) is 5.82 Å². The van der Waals surface area contributed by atoms with Crippen molar-refractivity contribution in [3.63, 3.8) is 0 Å². The highest BCUT2D eigenvalue weighted by molar-refractivity contribution is 8.00. The van der Waals surface area contributed by atoms with E-state index in [9.17, 15) is 4.39 Å². The van der Waals surface area contributed by atoms with Crippen molar-refractivity contribution in [2.75, 3.05) is 6.54 Å². The van der Waals surface area contributed by atoms with Gasteiger partial charge in [0.05, 0.1) is 0 Å². The fourth-order valence-electron chi connectivity index (χ4n) is 1.47. The Morgan fingerprint density at radius 1 is 1.40 bits per heavy atom. The second-order valence-corrected chi connectivity index (χ2v) is 5.32. The zero-order valence-corrected chi connectivity index (χ0v) is 9.52. The van der Waals surface area contributed by atoms with E-state index in [1.165, 1.54) is 12.8 Å². The molecule has 2 rings (SSSR count). The van der Waals surface area contributed by atoms with Gasteiger partial charge in [-0.15, -0.1) is 11.8 Å². The number of benzene rings is 1. The van der Waals surface area contributed by atoms with Crippen molar-refractivity contribution in [1.29, 1.82) is 0 Å². The minimum Gasteiger partial charge on any atom is -0.330 e. The lowest BCUT2D eigenvalue weighted by molar-refractivity contribution is 0.598. The van der Waals surface area contributed by atoms with Crippen molar-refractivity contribution in [3.8, 4) is 0 Å². The van der Waals surface area contributed by atoms with E-state index in [1.807, 2.05) is 12.1 Å². The molecule has 1 aliphatic rings. The second kappa shape index (κ2) is 4.99. The highest BCUT2D eigenvalue weighted by Gasteiger charge is 2.23. The molecular weight excluding hydrogens is 209 g/mol. The third-order valence-electron chi connectivity index (χ3n) is 2.48. The van der Waals surface area contributed by atoms with Crippen LogP contribution in [0.5, 0.6) is 0 Å². The molecule has 1 aliphatic carbocycles. The molecule has 1 fully saturated rings. The van der Waals surface area contributed by atoms with Crippen molar-refractivity contribution in [2.24, 2.45) is 5.73 Å². The van der Waals surface area contributed by atoms with E-state index in [-0.39, 0.29) is 5.82 Å². The summed E-state index contributed by atoms with van der Waals surface area (Å²) < 4.78 is 13.6. The van der Waals surface area contributed by atoms with Crippen LogP contribution in [0.2, 0.25) is 0 Å². The van der Waals surface area contributed by atoms with E-state index in [4.69, 9.17) is 5.73 Å². The van der Waals surface area contributed by atoms with Crippen LogP contribution in [0.15, 0.2) is 23.1 Å². The maximum absolute atomic E-state index is 13.6. The van der Waals surface area contributed by atoms with Crippen LogP contribution in [0, 0.1) is 5.82 Å². The Morgan fingerprint density at radius 2 is 2.20 bits per heavy atom. The molecule has 0 aliphatic heterocycles. The molecule has 0 amide bonds. The van der Waals surface area contributed by atoms with Gasteiger partial charge in [-0.2, -0.15) is 0 Å². The van der Waals surface area contributed by atoms with Crippen LogP contribution in [-0.2, 0) is 6.42 Å². The van der Waals surface area contributed by atoms with E-state index in [1.54, 1.807) is 17.8 Å². The van der Waals surface area contributed by atoms with Gasteiger partial charge in [0.2, 0.25) is 0 Å². The van der Waals surface area contributed by atoms with Gasteiger partial charge in [-0.05, 0) is 49.9 Å². The Kier molecular flexibility index (Phi) is 3.65. The molecule has 1 aromatic carbocycles. The van der Waals surface area contributed by atoms with Crippen LogP contribution < -0.4 is 5.73 Å². The molecule has 0 unspecified atom stereocenters. The number of hydrogen-bond acceptors (Lipinski definition) is 2. The van der Waals surface area contributed by atoms with Crippen LogP contribution >= 0.6 is 11.8 Å². The second-order valence-electron chi connectivity index (χ2n) is 3.97. The van der Waals surface area contributed by atoms with E-state index in [0.29, 0.717) is 11.8 Å². The number of aryl methyl sites for hydroxylation is 1. The summed E-state index contributed by atoms with van der Waals surface area (Å²) in [5.41, 5.74) is 6.47. The topological polar surface area (TPSA) is 26.0 Å². The molecule has 0 spiro atoms. The van der Waals surface area contributed by atoms with E-state index in [2.05, 4.69) is 0 Å². The van der Waals surface area contributed by atoms with Gasteiger partial charge in [0.15, 0.2) is 0 Å². The van der Waals surface area contributed by atoms with Gasteiger partial charge >= 0.3 is 0 Å². The predicted molar refractivity (Wildman–Crippen MR) is 62.7 cm³/mol. The maximum atomic E-state index is 13.6. The Bertz CT molecular complexity index is 336.